The first-order chi connectivity index (χ1) is 16.9. The molecular formula is C28H29FN4O2. The highest BCUT2D eigenvalue weighted by atomic mass is 19.1. The van der Waals surface area contributed by atoms with E-state index in [-0.39, 0.29) is 11.7 Å². The van der Waals surface area contributed by atoms with E-state index in [4.69, 9.17) is 9.84 Å². The van der Waals surface area contributed by atoms with Crippen LogP contribution in [0.4, 0.5) is 4.39 Å². The molecule has 0 N–H and O–H groups in total. The summed E-state index contributed by atoms with van der Waals surface area (Å²) >= 11 is 0. The van der Waals surface area contributed by atoms with Gasteiger partial charge in [-0.3, -0.25) is 4.79 Å². The Balaban J connectivity index is 1.76. The highest BCUT2D eigenvalue weighted by molar-refractivity contribution is 5.94. The van der Waals surface area contributed by atoms with Gasteiger partial charge in [0.25, 0.3) is 5.91 Å². The molecule has 0 saturated heterocycles. The molecule has 0 spiro atoms. The minimum absolute atomic E-state index is 0.132. The molecule has 3 aromatic carbocycles. The topological polar surface area (TPSA) is 50.6 Å². The van der Waals surface area contributed by atoms with Crippen molar-refractivity contribution in [3.05, 3.63) is 102 Å². The molecule has 0 aliphatic heterocycles. The molecule has 0 aliphatic carbocycles. The summed E-state index contributed by atoms with van der Waals surface area (Å²) in [7, 11) is 5.58. The Morgan fingerprint density at radius 3 is 2.26 bits per heavy atom. The van der Waals surface area contributed by atoms with Crippen LogP contribution < -0.4 is 4.74 Å². The van der Waals surface area contributed by atoms with Gasteiger partial charge in [0.1, 0.15) is 17.3 Å². The summed E-state index contributed by atoms with van der Waals surface area (Å²) in [6.07, 6.45) is 0. The van der Waals surface area contributed by atoms with Gasteiger partial charge in [-0.2, -0.15) is 5.10 Å². The summed E-state index contributed by atoms with van der Waals surface area (Å²) in [6, 6.07) is 25.2. The van der Waals surface area contributed by atoms with E-state index in [0.717, 1.165) is 23.4 Å². The van der Waals surface area contributed by atoms with Crippen LogP contribution in [0.15, 0.2) is 84.9 Å². The van der Waals surface area contributed by atoms with Gasteiger partial charge in [-0.05, 0) is 74.3 Å². The minimum atomic E-state index is -0.322. The van der Waals surface area contributed by atoms with Crippen LogP contribution in [-0.4, -0.2) is 59.8 Å². The van der Waals surface area contributed by atoms with Gasteiger partial charge in [-0.15, -0.1) is 0 Å². The van der Waals surface area contributed by atoms with Crippen molar-refractivity contribution in [3.63, 3.8) is 0 Å². The van der Waals surface area contributed by atoms with Gasteiger partial charge < -0.3 is 14.5 Å². The summed E-state index contributed by atoms with van der Waals surface area (Å²) in [5, 5.41) is 4.74. The lowest BCUT2D eigenvalue weighted by molar-refractivity contribution is 0.0722. The van der Waals surface area contributed by atoms with Crippen LogP contribution in [0.1, 0.15) is 16.1 Å². The smallest absolute Gasteiger partial charge is 0.272 e. The number of hydrogen-bond donors (Lipinski definition) is 0. The van der Waals surface area contributed by atoms with Crippen LogP contribution in [0.2, 0.25) is 0 Å². The summed E-state index contributed by atoms with van der Waals surface area (Å²) in [6.45, 7) is 1.76. The molecule has 0 unspecified atom stereocenters. The maximum atomic E-state index is 13.9. The van der Waals surface area contributed by atoms with E-state index < -0.39 is 0 Å². The number of rotatable bonds is 9. The predicted octanol–water partition coefficient (Wildman–Crippen LogP) is 4.89. The van der Waals surface area contributed by atoms with E-state index in [2.05, 4.69) is 4.90 Å². The molecule has 1 amide bonds. The standard InChI is InChI=1S/C28H29FN4O2/c1-31(2)17-18-32(20-21-7-5-4-6-8-21)28(34)27-19-26(22-9-11-23(29)12-10-22)30-33(27)24-13-15-25(35-3)16-14-24/h4-16,19H,17-18,20H2,1-3H3. The first kappa shape index (κ1) is 24.2. The summed E-state index contributed by atoms with van der Waals surface area (Å²) in [4.78, 5) is 17.8. The number of nitrogens with zero attached hydrogens (tertiary/aromatic N) is 4. The lowest BCUT2D eigenvalue weighted by Gasteiger charge is -2.25. The van der Waals surface area contributed by atoms with E-state index >= 15 is 0 Å². The van der Waals surface area contributed by atoms with Crippen LogP contribution in [-0.2, 0) is 6.54 Å². The fourth-order valence-electron chi connectivity index (χ4n) is 3.75. The lowest BCUT2D eigenvalue weighted by atomic mass is 10.1. The maximum Gasteiger partial charge on any atom is 0.272 e. The molecule has 7 heteroatoms. The number of carbonyl (C=O) groups excluding carboxylic acids is 1. The summed E-state index contributed by atoms with van der Waals surface area (Å²) in [5.74, 6) is 0.258. The number of hydrogen-bond acceptors (Lipinski definition) is 4. The summed E-state index contributed by atoms with van der Waals surface area (Å²) < 4.78 is 20.4. The van der Waals surface area contributed by atoms with Crippen molar-refractivity contribution in [2.75, 3.05) is 34.3 Å². The number of aromatic nitrogens is 2. The van der Waals surface area contributed by atoms with E-state index in [1.54, 1.807) is 30.0 Å². The van der Waals surface area contributed by atoms with Gasteiger partial charge in [0.15, 0.2) is 0 Å². The molecule has 0 radical (unpaired) electrons. The third kappa shape index (κ3) is 5.94. The Hall–Kier alpha value is -3.97. The van der Waals surface area contributed by atoms with Gasteiger partial charge in [0.05, 0.1) is 18.5 Å². The number of amides is 1. The van der Waals surface area contributed by atoms with E-state index in [1.807, 2.05) is 73.6 Å². The molecule has 0 fully saturated rings. The number of carbonyl (C=O) groups is 1. The molecule has 0 atom stereocenters. The molecule has 4 rings (SSSR count). The third-order valence-corrected chi connectivity index (χ3v) is 5.71. The van der Waals surface area contributed by atoms with Crippen LogP contribution in [0.3, 0.4) is 0 Å². The molecule has 1 heterocycles. The van der Waals surface area contributed by atoms with E-state index in [1.165, 1.54) is 12.1 Å². The Kier molecular flexibility index (Phi) is 7.57. The normalized spacial score (nSPS) is 11.0. The van der Waals surface area contributed by atoms with Crippen molar-refractivity contribution < 1.29 is 13.9 Å². The van der Waals surface area contributed by atoms with Crippen molar-refractivity contribution in [1.29, 1.82) is 0 Å². The highest BCUT2D eigenvalue weighted by Crippen LogP contribution is 2.25. The molecule has 35 heavy (non-hydrogen) atoms. The second-order valence-electron chi connectivity index (χ2n) is 8.55. The van der Waals surface area contributed by atoms with Crippen LogP contribution in [0, 0.1) is 5.82 Å². The average molecular weight is 473 g/mol. The number of benzene rings is 3. The predicted molar refractivity (Wildman–Crippen MR) is 135 cm³/mol. The van der Waals surface area contributed by atoms with Crippen molar-refractivity contribution in [1.82, 2.24) is 19.6 Å². The fourth-order valence-corrected chi connectivity index (χ4v) is 3.75. The highest BCUT2D eigenvalue weighted by Gasteiger charge is 2.23. The second-order valence-corrected chi connectivity index (χ2v) is 8.55. The van der Waals surface area contributed by atoms with Crippen LogP contribution in [0.25, 0.3) is 16.9 Å². The first-order valence-corrected chi connectivity index (χ1v) is 11.4. The van der Waals surface area contributed by atoms with Crippen molar-refractivity contribution in [2.45, 2.75) is 6.54 Å². The molecule has 180 valence electrons. The zero-order valence-corrected chi connectivity index (χ0v) is 20.2. The molecule has 0 bridgehead atoms. The van der Waals surface area contributed by atoms with Gasteiger partial charge >= 0.3 is 0 Å². The first-order valence-electron chi connectivity index (χ1n) is 11.4. The Morgan fingerprint density at radius 2 is 1.63 bits per heavy atom. The molecule has 4 aromatic rings. The fraction of sp³-hybridized carbons (Fsp3) is 0.214. The summed E-state index contributed by atoms with van der Waals surface area (Å²) in [5.41, 5.74) is 3.54. The van der Waals surface area contributed by atoms with Crippen LogP contribution in [0.5, 0.6) is 5.75 Å². The molecule has 1 aromatic heterocycles. The number of halogens is 1. The van der Waals surface area contributed by atoms with Crippen LogP contribution >= 0.6 is 0 Å². The second kappa shape index (κ2) is 11.0. The molecular weight excluding hydrogens is 443 g/mol. The minimum Gasteiger partial charge on any atom is -0.497 e. The largest absolute Gasteiger partial charge is 0.497 e. The average Bonchev–Trinajstić information content (AvgIpc) is 3.32. The number of methoxy groups -OCH3 is 1. The number of ether oxygens (including phenoxy) is 1. The molecule has 6 nitrogen and oxygen atoms in total. The van der Waals surface area contributed by atoms with Crippen molar-refractivity contribution >= 4 is 5.91 Å². The van der Waals surface area contributed by atoms with Gasteiger partial charge in [0.2, 0.25) is 0 Å². The Morgan fingerprint density at radius 1 is 0.943 bits per heavy atom. The van der Waals surface area contributed by atoms with E-state index in [9.17, 15) is 9.18 Å². The van der Waals surface area contributed by atoms with Gasteiger partial charge in [-0.25, -0.2) is 9.07 Å². The Bertz CT molecular complexity index is 1250. The van der Waals surface area contributed by atoms with Gasteiger partial charge in [-0.1, -0.05) is 30.3 Å². The third-order valence-electron chi connectivity index (χ3n) is 5.71. The van der Waals surface area contributed by atoms with Gasteiger partial charge in [0, 0.05) is 25.2 Å². The Labute approximate surface area is 205 Å². The van der Waals surface area contributed by atoms with Crippen molar-refractivity contribution in [3.8, 4) is 22.7 Å². The molecule has 0 aliphatic rings. The molecule has 0 saturated carbocycles. The lowest BCUT2D eigenvalue weighted by Crippen LogP contribution is -2.37. The SMILES string of the molecule is COc1ccc(-n2nc(-c3ccc(F)cc3)cc2C(=O)N(CCN(C)C)Cc2ccccc2)cc1. The maximum absolute atomic E-state index is 13.9. The zero-order valence-electron chi connectivity index (χ0n) is 20.2. The van der Waals surface area contributed by atoms with E-state index in [0.29, 0.717) is 30.2 Å². The zero-order chi connectivity index (χ0) is 24.8. The quantitative estimate of drug-likeness (QED) is 0.348. The monoisotopic (exact) mass is 472 g/mol. The number of likely N-dealkylation sites (N-methyl/N-ethyl adjacent to an activating group) is 1. The van der Waals surface area contributed by atoms with Crippen molar-refractivity contribution in [2.24, 2.45) is 0 Å².